The Hall–Kier alpha value is -1.77. The molecule has 0 radical (unpaired) electrons. The van der Waals surface area contributed by atoms with E-state index in [4.69, 9.17) is 10.4 Å². The normalized spacial score (nSPS) is 19.8. The highest BCUT2D eigenvalue weighted by atomic mass is 16.4. The van der Waals surface area contributed by atoms with Crippen LogP contribution in [0.5, 0.6) is 0 Å². The first-order valence-electron chi connectivity index (χ1n) is 6.78. The van der Waals surface area contributed by atoms with E-state index in [1.165, 1.54) is 0 Å². The van der Waals surface area contributed by atoms with Crippen molar-refractivity contribution in [3.05, 3.63) is 0 Å². The number of carboxylic acid groups (broad SMARTS) is 1. The maximum atomic E-state index is 12.4. The van der Waals surface area contributed by atoms with Gasteiger partial charge in [0.15, 0.2) is 0 Å². The average Bonchev–Trinajstić information content (AvgIpc) is 3.23. The molecule has 0 spiro atoms. The third-order valence-electron chi connectivity index (χ3n) is 3.81. The van der Waals surface area contributed by atoms with Gasteiger partial charge in [-0.15, -0.1) is 0 Å². The van der Waals surface area contributed by atoms with Crippen molar-refractivity contribution < 1.29 is 14.7 Å². The number of likely N-dealkylation sites (tertiary alicyclic amines) is 1. The van der Waals surface area contributed by atoms with Crippen LogP contribution in [0, 0.1) is 17.2 Å². The third-order valence-corrected chi connectivity index (χ3v) is 3.81. The largest absolute Gasteiger partial charge is 0.481 e. The van der Waals surface area contributed by atoms with E-state index in [0.29, 0.717) is 38.9 Å². The number of carboxylic acids is 1. The van der Waals surface area contributed by atoms with E-state index >= 15 is 0 Å². The Balaban J connectivity index is 1.88. The van der Waals surface area contributed by atoms with Gasteiger partial charge in [0.05, 0.1) is 18.4 Å². The second-order valence-corrected chi connectivity index (χ2v) is 5.21. The highest BCUT2D eigenvalue weighted by molar-refractivity contribution is 5.76. The first-order valence-corrected chi connectivity index (χ1v) is 6.78. The molecule has 0 aromatic carbocycles. The standard InChI is InChI=1S/C13H19N3O3/c14-6-1-7-16(11-2-3-11)13(19)15-8-4-10(5-9-15)12(17)18/h10-11H,1-5,7-9H2,(H,17,18). The van der Waals surface area contributed by atoms with E-state index < -0.39 is 5.97 Å². The van der Waals surface area contributed by atoms with Crippen LogP contribution in [0.1, 0.15) is 32.1 Å². The van der Waals surface area contributed by atoms with Crippen LogP contribution in [0.3, 0.4) is 0 Å². The lowest BCUT2D eigenvalue weighted by Gasteiger charge is -2.34. The fourth-order valence-electron chi connectivity index (χ4n) is 2.49. The van der Waals surface area contributed by atoms with Crippen molar-refractivity contribution in [3.8, 4) is 6.07 Å². The molecule has 1 aliphatic carbocycles. The van der Waals surface area contributed by atoms with E-state index in [-0.39, 0.29) is 18.0 Å². The molecular formula is C13H19N3O3. The van der Waals surface area contributed by atoms with Gasteiger partial charge in [-0.1, -0.05) is 0 Å². The summed E-state index contributed by atoms with van der Waals surface area (Å²) in [6.45, 7) is 1.50. The number of nitriles is 1. The van der Waals surface area contributed by atoms with Gasteiger partial charge in [-0.05, 0) is 25.7 Å². The zero-order valence-electron chi connectivity index (χ0n) is 10.9. The molecule has 1 aliphatic heterocycles. The van der Waals surface area contributed by atoms with E-state index in [2.05, 4.69) is 6.07 Å². The second-order valence-electron chi connectivity index (χ2n) is 5.21. The molecule has 6 nitrogen and oxygen atoms in total. The number of nitrogens with zero attached hydrogens (tertiary/aromatic N) is 3. The summed E-state index contributed by atoms with van der Waals surface area (Å²) in [5, 5.41) is 17.6. The van der Waals surface area contributed by atoms with Gasteiger partial charge in [0, 0.05) is 25.7 Å². The van der Waals surface area contributed by atoms with E-state index in [0.717, 1.165) is 12.8 Å². The van der Waals surface area contributed by atoms with Gasteiger partial charge in [0.25, 0.3) is 0 Å². The zero-order chi connectivity index (χ0) is 13.8. The van der Waals surface area contributed by atoms with E-state index in [1.807, 2.05) is 0 Å². The second kappa shape index (κ2) is 5.91. The van der Waals surface area contributed by atoms with Crippen LogP contribution in [0.2, 0.25) is 0 Å². The molecule has 2 fully saturated rings. The summed E-state index contributed by atoms with van der Waals surface area (Å²) in [5.41, 5.74) is 0. The minimum Gasteiger partial charge on any atom is -0.481 e. The van der Waals surface area contributed by atoms with Crippen LogP contribution in [-0.4, -0.2) is 52.6 Å². The van der Waals surface area contributed by atoms with Gasteiger partial charge >= 0.3 is 12.0 Å². The van der Waals surface area contributed by atoms with Crippen LogP contribution in [0.15, 0.2) is 0 Å². The lowest BCUT2D eigenvalue weighted by atomic mass is 9.97. The van der Waals surface area contributed by atoms with Gasteiger partial charge in [-0.3, -0.25) is 4.79 Å². The number of amides is 2. The van der Waals surface area contributed by atoms with Crippen LogP contribution in [0.4, 0.5) is 4.79 Å². The molecular weight excluding hydrogens is 246 g/mol. The Morgan fingerprint density at radius 2 is 1.89 bits per heavy atom. The van der Waals surface area contributed by atoms with E-state index in [9.17, 15) is 9.59 Å². The molecule has 1 saturated heterocycles. The summed E-state index contributed by atoms with van der Waals surface area (Å²) in [6.07, 6.45) is 3.44. The maximum absolute atomic E-state index is 12.4. The lowest BCUT2D eigenvalue weighted by molar-refractivity contribution is -0.143. The summed E-state index contributed by atoms with van der Waals surface area (Å²) < 4.78 is 0. The van der Waals surface area contributed by atoms with Crippen LogP contribution < -0.4 is 0 Å². The Kier molecular flexibility index (Phi) is 4.25. The van der Waals surface area contributed by atoms with Gasteiger partial charge in [-0.25, -0.2) is 4.79 Å². The van der Waals surface area contributed by atoms with Crippen molar-refractivity contribution in [3.63, 3.8) is 0 Å². The van der Waals surface area contributed by atoms with Crippen LogP contribution >= 0.6 is 0 Å². The molecule has 0 bridgehead atoms. The summed E-state index contributed by atoms with van der Waals surface area (Å²) in [6, 6.07) is 2.33. The molecule has 104 valence electrons. The van der Waals surface area contributed by atoms with Gasteiger partial charge in [-0.2, -0.15) is 5.26 Å². The quantitative estimate of drug-likeness (QED) is 0.829. The fraction of sp³-hybridized carbons (Fsp3) is 0.769. The van der Waals surface area contributed by atoms with Crippen LogP contribution in [0.25, 0.3) is 0 Å². The Labute approximate surface area is 112 Å². The number of piperidine rings is 1. The number of rotatable bonds is 4. The first-order chi connectivity index (χ1) is 9.13. The number of carbonyl (C=O) groups excluding carboxylic acids is 1. The molecule has 0 unspecified atom stereocenters. The molecule has 0 aromatic rings. The predicted octanol–water partition coefficient (Wildman–Crippen LogP) is 1.28. The zero-order valence-corrected chi connectivity index (χ0v) is 10.9. The average molecular weight is 265 g/mol. The number of hydrogen-bond donors (Lipinski definition) is 1. The summed E-state index contributed by atoms with van der Waals surface area (Å²) in [4.78, 5) is 26.7. The summed E-state index contributed by atoms with van der Waals surface area (Å²) in [5.74, 6) is -1.09. The Morgan fingerprint density at radius 3 is 2.37 bits per heavy atom. The van der Waals surface area contributed by atoms with Crippen molar-refractivity contribution in [1.29, 1.82) is 5.26 Å². The number of aliphatic carboxylic acids is 1. The molecule has 1 N–H and O–H groups in total. The maximum Gasteiger partial charge on any atom is 0.320 e. The number of hydrogen-bond acceptors (Lipinski definition) is 3. The van der Waals surface area contributed by atoms with Gasteiger partial charge in [0.2, 0.25) is 0 Å². The molecule has 0 atom stereocenters. The van der Waals surface area contributed by atoms with Crippen molar-refractivity contribution >= 4 is 12.0 Å². The molecule has 2 aliphatic rings. The molecule has 2 rings (SSSR count). The van der Waals surface area contributed by atoms with Crippen molar-refractivity contribution in [2.75, 3.05) is 19.6 Å². The monoisotopic (exact) mass is 265 g/mol. The van der Waals surface area contributed by atoms with Crippen molar-refractivity contribution in [2.45, 2.75) is 38.1 Å². The number of carbonyl (C=O) groups is 2. The molecule has 2 amide bonds. The minimum absolute atomic E-state index is 0.0263. The molecule has 1 heterocycles. The van der Waals surface area contributed by atoms with Gasteiger partial charge < -0.3 is 14.9 Å². The third kappa shape index (κ3) is 3.37. The van der Waals surface area contributed by atoms with Crippen molar-refractivity contribution in [1.82, 2.24) is 9.80 Å². The van der Waals surface area contributed by atoms with Crippen LogP contribution in [-0.2, 0) is 4.79 Å². The first kappa shape index (κ1) is 13.7. The van der Waals surface area contributed by atoms with Gasteiger partial charge in [0.1, 0.15) is 0 Å². The molecule has 6 heteroatoms. The summed E-state index contributed by atoms with van der Waals surface area (Å²) >= 11 is 0. The summed E-state index contributed by atoms with van der Waals surface area (Å²) in [7, 11) is 0. The smallest absolute Gasteiger partial charge is 0.320 e. The highest BCUT2D eigenvalue weighted by Crippen LogP contribution is 2.29. The molecule has 19 heavy (non-hydrogen) atoms. The highest BCUT2D eigenvalue weighted by Gasteiger charge is 2.36. The fourth-order valence-corrected chi connectivity index (χ4v) is 2.49. The SMILES string of the molecule is N#CCCN(C(=O)N1CCC(C(=O)O)CC1)C1CC1. The Bertz CT molecular complexity index is 392. The lowest BCUT2D eigenvalue weighted by Crippen LogP contribution is -2.48. The van der Waals surface area contributed by atoms with Crippen molar-refractivity contribution in [2.24, 2.45) is 5.92 Å². The Morgan fingerprint density at radius 1 is 1.26 bits per heavy atom. The number of urea groups is 1. The molecule has 0 aromatic heterocycles. The predicted molar refractivity (Wildman–Crippen MR) is 67.3 cm³/mol. The topological polar surface area (TPSA) is 84.6 Å². The molecule has 1 saturated carbocycles. The minimum atomic E-state index is -0.768. The van der Waals surface area contributed by atoms with E-state index in [1.54, 1.807) is 9.80 Å².